The van der Waals surface area contributed by atoms with Gasteiger partial charge < -0.3 is 5.11 Å². The molecule has 0 aliphatic carbocycles. The van der Waals surface area contributed by atoms with Gasteiger partial charge in [-0.25, -0.2) is 0 Å². The lowest BCUT2D eigenvalue weighted by Crippen LogP contribution is -2.70. The van der Waals surface area contributed by atoms with E-state index >= 15 is 0 Å². The van der Waals surface area contributed by atoms with E-state index in [9.17, 15) is 0 Å². The van der Waals surface area contributed by atoms with E-state index in [0.717, 1.165) is 6.54 Å². The molecule has 3 rings (SSSR count). The molecule has 0 aromatic carbocycles. The van der Waals surface area contributed by atoms with Crippen molar-refractivity contribution in [2.75, 3.05) is 26.2 Å². The van der Waals surface area contributed by atoms with E-state index in [2.05, 4.69) is 9.80 Å². The summed E-state index contributed by atoms with van der Waals surface area (Å²) in [5.41, 5.74) is 0.452. The highest BCUT2D eigenvalue weighted by Crippen LogP contribution is 2.49. The van der Waals surface area contributed by atoms with Gasteiger partial charge in [0.2, 0.25) is 0 Å². The average molecular weight is 154 g/mol. The van der Waals surface area contributed by atoms with Gasteiger partial charge in [-0.05, 0) is 12.8 Å². The quantitative estimate of drug-likeness (QED) is 0.550. The van der Waals surface area contributed by atoms with Crippen molar-refractivity contribution in [3.05, 3.63) is 0 Å². The predicted molar refractivity (Wildman–Crippen MR) is 41.1 cm³/mol. The second-order valence-corrected chi connectivity index (χ2v) is 3.96. The lowest BCUT2D eigenvalue weighted by molar-refractivity contribution is -0.148. The third-order valence-corrected chi connectivity index (χ3v) is 3.74. The Balaban J connectivity index is 1.87. The standard InChI is InChI=1S/C8H14N2O/c11-6-7-5-9-3-1-8(9)2-4-10(7)8/h7,11H,1-6H2. The van der Waals surface area contributed by atoms with Crippen LogP contribution >= 0.6 is 0 Å². The Morgan fingerprint density at radius 1 is 1.36 bits per heavy atom. The van der Waals surface area contributed by atoms with Crippen molar-refractivity contribution >= 4 is 0 Å². The molecule has 3 aliphatic heterocycles. The van der Waals surface area contributed by atoms with E-state index in [-0.39, 0.29) is 0 Å². The van der Waals surface area contributed by atoms with E-state index in [4.69, 9.17) is 5.11 Å². The van der Waals surface area contributed by atoms with Crippen LogP contribution in [0, 0.1) is 0 Å². The van der Waals surface area contributed by atoms with Crippen molar-refractivity contribution in [2.45, 2.75) is 24.5 Å². The van der Waals surface area contributed by atoms with Gasteiger partial charge >= 0.3 is 0 Å². The monoisotopic (exact) mass is 154 g/mol. The molecule has 0 saturated carbocycles. The van der Waals surface area contributed by atoms with Gasteiger partial charge in [0.15, 0.2) is 0 Å². The lowest BCUT2D eigenvalue weighted by atomic mass is 9.84. The molecule has 0 aromatic rings. The second kappa shape index (κ2) is 1.79. The van der Waals surface area contributed by atoms with Crippen molar-refractivity contribution in [1.29, 1.82) is 0 Å². The number of hydrogen-bond acceptors (Lipinski definition) is 3. The number of aliphatic hydroxyl groups excluding tert-OH is 1. The zero-order valence-corrected chi connectivity index (χ0v) is 6.66. The molecule has 1 N–H and O–H groups in total. The highest BCUT2D eigenvalue weighted by atomic mass is 16.3. The molecule has 3 heterocycles. The third kappa shape index (κ3) is 0.534. The minimum absolute atomic E-state index is 0.345. The first-order valence-corrected chi connectivity index (χ1v) is 4.49. The topological polar surface area (TPSA) is 26.7 Å². The van der Waals surface area contributed by atoms with Crippen molar-refractivity contribution in [1.82, 2.24) is 9.80 Å². The maximum atomic E-state index is 9.08. The molecule has 2 atom stereocenters. The highest BCUT2D eigenvalue weighted by molar-refractivity contribution is 5.13. The summed E-state index contributed by atoms with van der Waals surface area (Å²) in [6.07, 6.45) is 2.67. The molecule has 11 heavy (non-hydrogen) atoms. The molecule has 0 radical (unpaired) electrons. The van der Waals surface area contributed by atoms with Crippen molar-refractivity contribution in [2.24, 2.45) is 0 Å². The maximum absolute atomic E-state index is 9.08. The van der Waals surface area contributed by atoms with Crippen LogP contribution in [0.3, 0.4) is 0 Å². The van der Waals surface area contributed by atoms with Crippen LogP contribution in [0.25, 0.3) is 0 Å². The molecule has 3 fully saturated rings. The zero-order chi connectivity index (χ0) is 7.47. The number of hydrogen-bond donors (Lipinski definition) is 1. The van der Waals surface area contributed by atoms with Gasteiger partial charge in [-0.2, -0.15) is 0 Å². The van der Waals surface area contributed by atoms with Crippen LogP contribution in [-0.2, 0) is 0 Å². The summed E-state index contributed by atoms with van der Waals surface area (Å²) in [6, 6.07) is 0.450. The molecule has 2 unspecified atom stereocenters. The fourth-order valence-electron chi connectivity index (χ4n) is 2.93. The van der Waals surface area contributed by atoms with Gasteiger partial charge in [-0.3, -0.25) is 9.80 Å². The van der Waals surface area contributed by atoms with Gasteiger partial charge in [0.25, 0.3) is 0 Å². The average Bonchev–Trinajstić information content (AvgIpc) is 2.04. The Morgan fingerprint density at radius 2 is 2.18 bits per heavy atom. The Bertz CT molecular complexity index is 193. The van der Waals surface area contributed by atoms with Gasteiger partial charge in [0.1, 0.15) is 0 Å². The minimum Gasteiger partial charge on any atom is -0.395 e. The van der Waals surface area contributed by atoms with Gasteiger partial charge in [0.05, 0.1) is 12.3 Å². The van der Waals surface area contributed by atoms with E-state index in [1.807, 2.05) is 0 Å². The SMILES string of the molecule is OCC1CN2CCC23CCN13. The zero-order valence-electron chi connectivity index (χ0n) is 6.66. The first-order valence-electron chi connectivity index (χ1n) is 4.49. The smallest absolute Gasteiger partial charge is 0.0766 e. The molecular weight excluding hydrogens is 140 g/mol. The van der Waals surface area contributed by atoms with Crippen LogP contribution in [0.15, 0.2) is 0 Å². The van der Waals surface area contributed by atoms with Crippen LogP contribution in [-0.4, -0.2) is 52.9 Å². The Hall–Kier alpha value is -0.120. The summed E-state index contributed by atoms with van der Waals surface area (Å²) >= 11 is 0. The summed E-state index contributed by atoms with van der Waals surface area (Å²) in [7, 11) is 0. The summed E-state index contributed by atoms with van der Waals surface area (Å²) in [6.45, 7) is 3.92. The molecule has 0 bridgehead atoms. The van der Waals surface area contributed by atoms with E-state index < -0.39 is 0 Å². The molecule has 62 valence electrons. The summed E-state index contributed by atoms with van der Waals surface area (Å²) in [4.78, 5) is 5.01. The summed E-state index contributed by atoms with van der Waals surface area (Å²) in [5.74, 6) is 0. The van der Waals surface area contributed by atoms with Gasteiger partial charge in [0, 0.05) is 25.7 Å². The summed E-state index contributed by atoms with van der Waals surface area (Å²) in [5, 5.41) is 9.08. The molecule has 0 amide bonds. The van der Waals surface area contributed by atoms with Crippen LogP contribution in [0.5, 0.6) is 0 Å². The largest absolute Gasteiger partial charge is 0.395 e. The van der Waals surface area contributed by atoms with Crippen LogP contribution in [0.4, 0.5) is 0 Å². The Kier molecular flexibility index (Phi) is 1.04. The van der Waals surface area contributed by atoms with Gasteiger partial charge in [-0.1, -0.05) is 0 Å². The minimum atomic E-state index is 0.345. The fraction of sp³-hybridized carbons (Fsp3) is 1.00. The van der Waals surface area contributed by atoms with E-state index in [0.29, 0.717) is 18.3 Å². The lowest BCUT2D eigenvalue weighted by Gasteiger charge is -2.59. The fourth-order valence-corrected chi connectivity index (χ4v) is 2.93. The van der Waals surface area contributed by atoms with Crippen molar-refractivity contribution in [3.63, 3.8) is 0 Å². The third-order valence-electron chi connectivity index (χ3n) is 3.74. The normalized spacial score (nSPS) is 49.4. The van der Waals surface area contributed by atoms with Crippen molar-refractivity contribution in [3.8, 4) is 0 Å². The molecule has 3 heteroatoms. The molecule has 1 spiro atoms. The predicted octanol–water partition coefficient (Wildman–Crippen LogP) is -0.531. The molecule has 3 aliphatic rings. The van der Waals surface area contributed by atoms with Crippen LogP contribution < -0.4 is 0 Å². The van der Waals surface area contributed by atoms with Gasteiger partial charge in [-0.15, -0.1) is 0 Å². The first kappa shape index (κ1) is 6.40. The molecule has 3 saturated heterocycles. The molecular formula is C8H14N2O. The number of aliphatic hydroxyl groups is 1. The molecule has 3 nitrogen and oxygen atoms in total. The van der Waals surface area contributed by atoms with Crippen molar-refractivity contribution < 1.29 is 5.11 Å². The maximum Gasteiger partial charge on any atom is 0.0766 e. The van der Waals surface area contributed by atoms with E-state index in [1.54, 1.807) is 0 Å². The highest BCUT2D eigenvalue weighted by Gasteiger charge is 2.61. The van der Waals surface area contributed by atoms with E-state index in [1.165, 1.54) is 25.9 Å². The van der Waals surface area contributed by atoms with Crippen LogP contribution in [0.1, 0.15) is 12.8 Å². The first-order chi connectivity index (χ1) is 5.37. The number of rotatable bonds is 1. The Labute approximate surface area is 66.6 Å². The second-order valence-electron chi connectivity index (χ2n) is 3.96. The van der Waals surface area contributed by atoms with Crippen LogP contribution in [0.2, 0.25) is 0 Å². The Morgan fingerprint density at radius 3 is 2.55 bits per heavy atom. The molecule has 0 aromatic heterocycles. The number of nitrogens with zero attached hydrogens (tertiary/aromatic N) is 2. The summed E-state index contributed by atoms with van der Waals surface area (Å²) < 4.78 is 0.